The van der Waals surface area contributed by atoms with E-state index in [0.29, 0.717) is 24.4 Å². The number of nitrogens with one attached hydrogen (secondary N) is 2. The minimum absolute atomic E-state index is 0.00546. The molecule has 3 aliphatic heterocycles. The van der Waals surface area contributed by atoms with Crippen LogP contribution in [0.4, 0.5) is 4.39 Å². The Hall–Kier alpha value is -3.56. The van der Waals surface area contributed by atoms with Crippen molar-refractivity contribution in [1.82, 2.24) is 25.1 Å². The zero-order valence-electron chi connectivity index (χ0n) is 22.5. The molecule has 3 N–H and O–H groups in total. The number of fused-ring (bicyclic) bond motifs is 2. The molecule has 2 aromatic carbocycles. The molecule has 3 atom stereocenters. The van der Waals surface area contributed by atoms with Crippen molar-refractivity contribution in [1.29, 1.82) is 0 Å². The van der Waals surface area contributed by atoms with E-state index < -0.39 is 5.92 Å². The number of amides is 1. The molecule has 3 aromatic rings. The van der Waals surface area contributed by atoms with Gasteiger partial charge in [-0.1, -0.05) is 6.07 Å². The number of nitrogens with zero attached hydrogens (tertiary/aromatic N) is 4. The van der Waals surface area contributed by atoms with Crippen LogP contribution in [0.1, 0.15) is 58.6 Å². The SMILES string of the molecule is Cc1ccc(F)cc1C[C@H](C)NC1C=CN=C(O)C1c1nc2cc3c(cc2[nH]1)C(=O)N(CCN1CCCC1)C3. The van der Waals surface area contributed by atoms with Gasteiger partial charge in [0.1, 0.15) is 17.6 Å². The third-order valence-corrected chi connectivity index (χ3v) is 8.24. The summed E-state index contributed by atoms with van der Waals surface area (Å²) in [6, 6.07) is 8.47. The van der Waals surface area contributed by atoms with Crippen molar-refractivity contribution in [2.24, 2.45) is 4.99 Å². The molecule has 6 rings (SSSR count). The van der Waals surface area contributed by atoms with Crippen molar-refractivity contribution in [3.8, 4) is 0 Å². The van der Waals surface area contributed by atoms with Crippen LogP contribution < -0.4 is 5.32 Å². The Morgan fingerprint density at radius 1 is 1.21 bits per heavy atom. The number of hydrogen-bond donors (Lipinski definition) is 3. The first kappa shape index (κ1) is 25.7. The highest BCUT2D eigenvalue weighted by Gasteiger charge is 2.34. The number of aromatic amines is 1. The number of carbonyl (C=O) groups excluding carboxylic acids is 1. The average Bonchev–Trinajstić information content (AvgIpc) is 3.63. The second-order valence-electron chi connectivity index (χ2n) is 11.1. The molecule has 0 spiro atoms. The van der Waals surface area contributed by atoms with Gasteiger partial charge in [-0.05, 0) is 93.2 Å². The highest BCUT2D eigenvalue weighted by atomic mass is 19.1. The molecule has 0 aliphatic carbocycles. The number of aliphatic hydroxyl groups is 1. The van der Waals surface area contributed by atoms with Gasteiger partial charge in [0.05, 0.1) is 11.0 Å². The van der Waals surface area contributed by atoms with E-state index in [0.717, 1.165) is 53.9 Å². The number of H-pyrrole nitrogens is 1. The molecule has 1 fully saturated rings. The largest absolute Gasteiger partial charge is 0.496 e. The summed E-state index contributed by atoms with van der Waals surface area (Å²) in [7, 11) is 0. The molecule has 1 aromatic heterocycles. The maximum atomic E-state index is 13.8. The number of rotatable bonds is 8. The summed E-state index contributed by atoms with van der Waals surface area (Å²) >= 11 is 0. The van der Waals surface area contributed by atoms with Crippen LogP contribution in [0.2, 0.25) is 0 Å². The first-order valence-corrected chi connectivity index (χ1v) is 13.8. The molecule has 9 heteroatoms. The summed E-state index contributed by atoms with van der Waals surface area (Å²) in [6.45, 7) is 8.51. The number of aliphatic imine (C=N–C) groups is 1. The standard InChI is InChI=1S/C30H35FN6O2/c1-18-5-6-22(31)14-20(18)13-19(2)33-24-7-8-32-29(38)27(24)28-34-25-15-21-17-37(12-11-36-9-3-4-10-36)30(39)23(21)16-26(25)35-28/h5-8,14-16,19,24,27,33H,3-4,9-13,17H2,1-2H3,(H,32,38)(H,34,35)/t19-,24?,27?/m0/s1. The van der Waals surface area contributed by atoms with Crippen LogP contribution >= 0.6 is 0 Å². The van der Waals surface area contributed by atoms with Crippen molar-refractivity contribution in [3.63, 3.8) is 0 Å². The second kappa shape index (κ2) is 10.5. The maximum Gasteiger partial charge on any atom is 0.254 e. The normalized spacial score (nSPS) is 22.1. The lowest BCUT2D eigenvalue weighted by Crippen LogP contribution is -2.44. The number of benzene rings is 2. The van der Waals surface area contributed by atoms with Crippen LogP contribution in [0.5, 0.6) is 0 Å². The number of imidazole rings is 1. The quantitative estimate of drug-likeness (QED) is 0.405. The zero-order valence-corrected chi connectivity index (χ0v) is 22.5. The van der Waals surface area contributed by atoms with Gasteiger partial charge in [0, 0.05) is 43.5 Å². The Balaban J connectivity index is 1.19. The Morgan fingerprint density at radius 2 is 2.03 bits per heavy atom. The topological polar surface area (TPSA) is 96.8 Å². The summed E-state index contributed by atoms with van der Waals surface area (Å²) in [5.41, 5.74) is 5.23. The number of aromatic nitrogens is 2. The van der Waals surface area contributed by atoms with E-state index >= 15 is 0 Å². The first-order chi connectivity index (χ1) is 18.9. The molecule has 4 heterocycles. The van der Waals surface area contributed by atoms with Gasteiger partial charge in [0.2, 0.25) is 0 Å². The van der Waals surface area contributed by atoms with Crippen LogP contribution in [0.3, 0.4) is 0 Å². The van der Waals surface area contributed by atoms with Crippen LogP contribution in [-0.2, 0) is 13.0 Å². The number of hydrogen-bond acceptors (Lipinski definition) is 5. The molecule has 39 heavy (non-hydrogen) atoms. The lowest BCUT2D eigenvalue weighted by atomic mass is 9.94. The van der Waals surface area contributed by atoms with Crippen molar-refractivity contribution in [2.75, 3.05) is 26.2 Å². The summed E-state index contributed by atoms with van der Waals surface area (Å²) in [6.07, 6.45) is 6.63. The number of carbonyl (C=O) groups is 1. The van der Waals surface area contributed by atoms with Crippen molar-refractivity contribution in [2.45, 2.75) is 57.7 Å². The number of aliphatic hydroxyl groups excluding tert-OH is 1. The monoisotopic (exact) mass is 530 g/mol. The van der Waals surface area contributed by atoms with Gasteiger partial charge in [-0.2, -0.15) is 0 Å². The fraction of sp³-hybridized carbons (Fsp3) is 0.433. The van der Waals surface area contributed by atoms with E-state index in [4.69, 9.17) is 4.98 Å². The van der Waals surface area contributed by atoms with Gasteiger partial charge in [0.25, 0.3) is 5.91 Å². The summed E-state index contributed by atoms with van der Waals surface area (Å²) in [4.78, 5) is 29.8. The third kappa shape index (κ3) is 5.21. The Bertz CT molecular complexity index is 1460. The van der Waals surface area contributed by atoms with Crippen molar-refractivity contribution >= 4 is 22.8 Å². The molecule has 8 nitrogen and oxygen atoms in total. The maximum absolute atomic E-state index is 13.8. The molecule has 0 radical (unpaired) electrons. The van der Waals surface area contributed by atoms with Crippen LogP contribution in [0.25, 0.3) is 11.0 Å². The third-order valence-electron chi connectivity index (χ3n) is 8.24. The molecule has 204 valence electrons. The molecule has 0 saturated carbocycles. The molecular formula is C30H35FN6O2. The van der Waals surface area contributed by atoms with E-state index in [2.05, 4.69) is 20.2 Å². The van der Waals surface area contributed by atoms with Crippen molar-refractivity contribution in [3.05, 3.63) is 76.5 Å². The molecule has 0 bridgehead atoms. The molecule has 1 saturated heterocycles. The Kier molecular flexibility index (Phi) is 6.95. The zero-order chi connectivity index (χ0) is 27.1. The van der Waals surface area contributed by atoms with E-state index in [1.165, 1.54) is 18.9 Å². The van der Waals surface area contributed by atoms with E-state index in [1.54, 1.807) is 18.3 Å². The van der Waals surface area contributed by atoms with Gasteiger partial charge >= 0.3 is 0 Å². The fourth-order valence-electron chi connectivity index (χ4n) is 6.08. The van der Waals surface area contributed by atoms with Gasteiger partial charge in [-0.15, -0.1) is 0 Å². The van der Waals surface area contributed by atoms with Gasteiger partial charge in [0.15, 0.2) is 5.90 Å². The van der Waals surface area contributed by atoms with Gasteiger partial charge in [-0.3, -0.25) is 4.79 Å². The number of likely N-dealkylation sites (tertiary alicyclic amines) is 1. The van der Waals surface area contributed by atoms with Gasteiger partial charge in [-0.25, -0.2) is 14.4 Å². The van der Waals surface area contributed by atoms with Crippen LogP contribution in [0, 0.1) is 12.7 Å². The molecular weight excluding hydrogens is 495 g/mol. The average molecular weight is 531 g/mol. The lowest BCUT2D eigenvalue weighted by Gasteiger charge is -2.28. The lowest BCUT2D eigenvalue weighted by molar-refractivity contribution is 0.0763. The van der Waals surface area contributed by atoms with E-state index in [1.807, 2.05) is 37.0 Å². The van der Waals surface area contributed by atoms with E-state index in [-0.39, 0.29) is 29.7 Å². The molecule has 1 amide bonds. The Labute approximate surface area is 227 Å². The second-order valence-corrected chi connectivity index (χ2v) is 11.1. The van der Waals surface area contributed by atoms with Crippen LogP contribution in [0.15, 0.2) is 47.6 Å². The molecule has 3 aliphatic rings. The minimum atomic E-state index is -0.513. The fourth-order valence-corrected chi connectivity index (χ4v) is 6.08. The highest BCUT2D eigenvalue weighted by Crippen LogP contribution is 2.30. The number of halogens is 1. The highest BCUT2D eigenvalue weighted by molar-refractivity contribution is 6.01. The smallest absolute Gasteiger partial charge is 0.254 e. The van der Waals surface area contributed by atoms with E-state index in [9.17, 15) is 14.3 Å². The van der Waals surface area contributed by atoms with Gasteiger partial charge < -0.3 is 25.2 Å². The predicted octanol–water partition coefficient (Wildman–Crippen LogP) is 4.22. The first-order valence-electron chi connectivity index (χ1n) is 13.8. The predicted molar refractivity (Wildman–Crippen MR) is 150 cm³/mol. The molecule has 2 unspecified atom stereocenters. The van der Waals surface area contributed by atoms with Crippen molar-refractivity contribution < 1.29 is 14.3 Å². The minimum Gasteiger partial charge on any atom is -0.496 e. The number of aryl methyl sites for hydroxylation is 1. The Morgan fingerprint density at radius 3 is 2.85 bits per heavy atom. The van der Waals surface area contributed by atoms with Crippen LogP contribution in [-0.4, -0.2) is 74.9 Å². The summed E-state index contributed by atoms with van der Waals surface area (Å²) < 4.78 is 13.8. The summed E-state index contributed by atoms with van der Waals surface area (Å²) in [5, 5.41) is 14.3. The summed E-state index contributed by atoms with van der Waals surface area (Å²) in [5.74, 6) is -0.135.